The van der Waals surface area contributed by atoms with Gasteiger partial charge in [0.1, 0.15) is 23.1 Å². The minimum absolute atomic E-state index is 0.0152. The van der Waals surface area contributed by atoms with Crippen LogP contribution in [0.4, 0.5) is 11.4 Å². The lowest BCUT2D eigenvalue weighted by molar-refractivity contribution is -0.384. The summed E-state index contributed by atoms with van der Waals surface area (Å²) >= 11 is 3.37. The van der Waals surface area contributed by atoms with Crippen LogP contribution in [0.2, 0.25) is 0 Å². The molecule has 0 radical (unpaired) electrons. The van der Waals surface area contributed by atoms with E-state index < -0.39 is 16.8 Å². The van der Waals surface area contributed by atoms with E-state index in [4.69, 9.17) is 4.74 Å². The number of nitro groups is 1. The van der Waals surface area contributed by atoms with Gasteiger partial charge in [-0.25, -0.2) is 4.79 Å². The first-order valence-corrected chi connectivity index (χ1v) is 11.7. The highest BCUT2D eigenvalue weighted by molar-refractivity contribution is 9.10. The van der Waals surface area contributed by atoms with Crippen LogP contribution in [0.5, 0.6) is 5.75 Å². The maximum Gasteiger partial charge on any atom is 0.344 e. The Morgan fingerprint density at radius 3 is 2.54 bits per heavy atom. The summed E-state index contributed by atoms with van der Waals surface area (Å²) in [6.07, 6.45) is 1.33. The number of nitro benzene ring substituents is 1. The van der Waals surface area contributed by atoms with Crippen LogP contribution >= 0.6 is 15.9 Å². The number of hydrogen-bond acceptors (Lipinski definition) is 6. The predicted octanol–water partition coefficient (Wildman–Crippen LogP) is 6.58. The Morgan fingerprint density at radius 1 is 1.05 bits per heavy atom. The molecule has 0 aliphatic rings. The molecule has 0 fully saturated rings. The highest BCUT2D eigenvalue weighted by Gasteiger charge is 2.19. The molecule has 0 saturated carbocycles. The number of ether oxygens (including phenoxy) is 1. The minimum Gasteiger partial charge on any atom is -0.422 e. The molecule has 0 saturated heterocycles. The number of nitriles is 1. The van der Waals surface area contributed by atoms with Gasteiger partial charge in [0.25, 0.3) is 11.6 Å². The SMILES string of the molecule is Cc1ccc(NC(=O)/C(C#N)=C/c2ccc(OC(=O)c3cccc4ccccc34)c(Br)c2)c([N+](=O)[O-])c1. The summed E-state index contributed by atoms with van der Waals surface area (Å²) in [5, 5.41) is 24.9. The van der Waals surface area contributed by atoms with Crippen LogP contribution < -0.4 is 10.1 Å². The van der Waals surface area contributed by atoms with E-state index in [2.05, 4.69) is 21.2 Å². The summed E-state index contributed by atoms with van der Waals surface area (Å²) in [7, 11) is 0. The fourth-order valence-corrected chi connectivity index (χ4v) is 4.13. The number of amides is 1. The molecule has 4 aromatic carbocycles. The summed E-state index contributed by atoms with van der Waals surface area (Å²) < 4.78 is 6.01. The first-order chi connectivity index (χ1) is 17.8. The third kappa shape index (κ3) is 5.72. The second-order valence-electron chi connectivity index (χ2n) is 8.01. The second kappa shape index (κ2) is 10.8. The Bertz CT molecular complexity index is 1630. The molecule has 0 atom stereocenters. The third-order valence-corrected chi connectivity index (χ3v) is 6.06. The van der Waals surface area contributed by atoms with Gasteiger partial charge >= 0.3 is 5.97 Å². The van der Waals surface area contributed by atoms with Crippen LogP contribution in [0.25, 0.3) is 16.8 Å². The lowest BCUT2D eigenvalue weighted by Gasteiger charge is -2.09. The molecule has 4 rings (SSSR count). The van der Waals surface area contributed by atoms with E-state index in [0.717, 1.165) is 10.8 Å². The van der Waals surface area contributed by atoms with Crippen LogP contribution in [0, 0.1) is 28.4 Å². The van der Waals surface area contributed by atoms with E-state index in [0.29, 0.717) is 21.2 Å². The van der Waals surface area contributed by atoms with Crippen molar-refractivity contribution in [3.05, 3.63) is 116 Å². The maximum atomic E-state index is 12.8. The number of carbonyl (C=O) groups is 2. The maximum absolute atomic E-state index is 12.8. The third-order valence-electron chi connectivity index (χ3n) is 5.44. The van der Waals surface area contributed by atoms with Gasteiger partial charge in [-0.05, 0) is 75.1 Å². The van der Waals surface area contributed by atoms with Crippen molar-refractivity contribution in [1.82, 2.24) is 0 Å². The van der Waals surface area contributed by atoms with Gasteiger partial charge in [-0.2, -0.15) is 5.26 Å². The average Bonchev–Trinajstić information content (AvgIpc) is 2.89. The predicted molar refractivity (Wildman–Crippen MR) is 143 cm³/mol. The number of nitrogens with one attached hydrogen (secondary N) is 1. The number of nitrogens with zero attached hydrogens (tertiary/aromatic N) is 2. The number of esters is 1. The van der Waals surface area contributed by atoms with E-state index in [-0.39, 0.29) is 22.7 Å². The van der Waals surface area contributed by atoms with Crippen LogP contribution in [0.1, 0.15) is 21.5 Å². The topological polar surface area (TPSA) is 122 Å². The zero-order chi connectivity index (χ0) is 26.5. The minimum atomic E-state index is -0.794. The number of anilines is 1. The first kappa shape index (κ1) is 25.3. The summed E-state index contributed by atoms with van der Waals surface area (Å²) in [6.45, 7) is 1.69. The van der Waals surface area contributed by atoms with E-state index in [1.54, 1.807) is 37.3 Å². The number of hydrogen-bond donors (Lipinski definition) is 1. The molecule has 1 amide bonds. The van der Waals surface area contributed by atoms with Gasteiger partial charge in [0, 0.05) is 6.07 Å². The Hall–Kier alpha value is -4.81. The van der Waals surface area contributed by atoms with Crippen LogP contribution in [0.3, 0.4) is 0 Å². The van der Waals surface area contributed by atoms with Gasteiger partial charge < -0.3 is 10.1 Å². The van der Waals surface area contributed by atoms with Crippen LogP contribution in [-0.4, -0.2) is 16.8 Å². The highest BCUT2D eigenvalue weighted by atomic mass is 79.9. The number of carbonyl (C=O) groups excluding carboxylic acids is 2. The van der Waals surface area contributed by atoms with Crippen molar-refractivity contribution < 1.29 is 19.2 Å². The quantitative estimate of drug-likeness (QED) is 0.0715. The van der Waals surface area contributed by atoms with Gasteiger partial charge in [0.15, 0.2) is 0 Å². The summed E-state index contributed by atoms with van der Waals surface area (Å²) in [5.41, 5.74) is 1.00. The molecule has 0 unspecified atom stereocenters. The summed E-state index contributed by atoms with van der Waals surface area (Å²) in [5.74, 6) is -1.07. The Balaban J connectivity index is 1.54. The molecule has 0 spiro atoms. The van der Waals surface area contributed by atoms with Crippen LogP contribution in [0.15, 0.2) is 88.9 Å². The van der Waals surface area contributed by atoms with Gasteiger partial charge in [-0.15, -0.1) is 0 Å². The molecule has 0 bridgehead atoms. The second-order valence-corrected chi connectivity index (χ2v) is 8.86. The summed E-state index contributed by atoms with van der Waals surface area (Å²) in [6, 6.07) is 23.7. The Labute approximate surface area is 220 Å². The van der Waals surface area contributed by atoms with Gasteiger partial charge in [-0.3, -0.25) is 14.9 Å². The standard InChI is InChI=1S/C28H18BrN3O5/c1-17-9-11-24(25(13-17)32(35)36)31-27(33)20(16-30)14-18-10-12-26(23(29)15-18)37-28(34)22-8-4-6-19-5-2-3-7-21(19)22/h2-15H,1H3,(H,31,33)/b20-14+. The van der Waals surface area contributed by atoms with E-state index in [1.807, 2.05) is 36.4 Å². The molecule has 9 heteroatoms. The normalized spacial score (nSPS) is 11.0. The number of halogens is 1. The number of aryl methyl sites for hydroxylation is 1. The lowest BCUT2D eigenvalue weighted by Crippen LogP contribution is -2.14. The molecule has 182 valence electrons. The number of benzene rings is 4. The van der Waals surface area contributed by atoms with Gasteiger partial charge in [0.05, 0.1) is 15.0 Å². The van der Waals surface area contributed by atoms with E-state index in [9.17, 15) is 25.0 Å². The largest absolute Gasteiger partial charge is 0.422 e. The fourth-order valence-electron chi connectivity index (χ4n) is 3.65. The average molecular weight is 556 g/mol. The molecule has 0 heterocycles. The molecular weight excluding hydrogens is 538 g/mol. The van der Waals surface area contributed by atoms with Gasteiger partial charge in [-0.1, -0.05) is 48.5 Å². The molecule has 8 nitrogen and oxygen atoms in total. The number of rotatable bonds is 6. The van der Waals surface area contributed by atoms with Crippen LogP contribution in [-0.2, 0) is 4.79 Å². The zero-order valence-electron chi connectivity index (χ0n) is 19.4. The molecule has 0 aromatic heterocycles. The van der Waals surface area contributed by atoms with Crippen molar-refractivity contribution in [2.45, 2.75) is 6.92 Å². The monoisotopic (exact) mass is 555 g/mol. The molecule has 1 N–H and O–H groups in total. The lowest BCUT2D eigenvalue weighted by atomic mass is 10.0. The zero-order valence-corrected chi connectivity index (χ0v) is 21.0. The molecular formula is C28H18BrN3O5. The smallest absolute Gasteiger partial charge is 0.344 e. The Kier molecular flexibility index (Phi) is 7.41. The first-order valence-electron chi connectivity index (χ1n) is 10.9. The Morgan fingerprint density at radius 2 is 1.81 bits per heavy atom. The summed E-state index contributed by atoms with van der Waals surface area (Å²) in [4.78, 5) is 36.2. The van der Waals surface area contributed by atoms with Gasteiger partial charge in [0.2, 0.25) is 0 Å². The van der Waals surface area contributed by atoms with E-state index >= 15 is 0 Å². The molecule has 4 aromatic rings. The van der Waals surface area contributed by atoms with Crippen molar-refractivity contribution >= 4 is 56.0 Å². The van der Waals surface area contributed by atoms with Crippen molar-refractivity contribution in [2.24, 2.45) is 0 Å². The highest BCUT2D eigenvalue weighted by Crippen LogP contribution is 2.30. The van der Waals surface area contributed by atoms with Crippen molar-refractivity contribution in [1.29, 1.82) is 5.26 Å². The fraction of sp³-hybridized carbons (Fsp3) is 0.0357. The molecule has 0 aliphatic heterocycles. The molecule has 0 aliphatic carbocycles. The molecule has 37 heavy (non-hydrogen) atoms. The number of fused-ring (bicyclic) bond motifs is 1. The van der Waals surface area contributed by atoms with E-state index in [1.165, 1.54) is 24.3 Å². The van der Waals surface area contributed by atoms with Crippen molar-refractivity contribution in [2.75, 3.05) is 5.32 Å². The van der Waals surface area contributed by atoms with Crippen molar-refractivity contribution in [3.8, 4) is 11.8 Å². The van der Waals surface area contributed by atoms with Crippen molar-refractivity contribution in [3.63, 3.8) is 0 Å².